The highest BCUT2D eigenvalue weighted by Crippen LogP contribution is 2.66. The number of allylic oxidation sites excluding steroid dienone is 2. The van der Waals surface area contributed by atoms with Crippen molar-refractivity contribution in [1.82, 2.24) is 0 Å². The van der Waals surface area contributed by atoms with Crippen LogP contribution in [0, 0.1) is 23.6 Å². The summed E-state index contributed by atoms with van der Waals surface area (Å²) >= 11 is 21.5. The van der Waals surface area contributed by atoms with Crippen LogP contribution < -0.4 is 15.1 Å². The lowest BCUT2D eigenvalue weighted by Gasteiger charge is -2.50. The van der Waals surface area contributed by atoms with Crippen LogP contribution in [0.5, 0.6) is 5.75 Å². The summed E-state index contributed by atoms with van der Waals surface area (Å²) in [5, 5.41) is 13.5. The predicted molar refractivity (Wildman–Crippen MR) is 188 cm³/mol. The Morgan fingerprint density at radius 2 is 1.40 bits per heavy atom. The molecule has 4 amide bonds. The molecule has 4 aromatic rings. The second-order valence-corrected chi connectivity index (χ2v) is 14.7. The number of carbonyl (C=O) groups is 4. The minimum Gasteiger partial charge on any atom is -0.508 e. The first-order valence-electron chi connectivity index (χ1n) is 15.9. The van der Waals surface area contributed by atoms with Gasteiger partial charge in [0.15, 0.2) is 9.75 Å². The van der Waals surface area contributed by atoms with Gasteiger partial charge >= 0.3 is 0 Å². The molecule has 2 N–H and O–H groups in total. The van der Waals surface area contributed by atoms with Crippen LogP contribution in [-0.4, -0.2) is 38.5 Å². The smallest absolute Gasteiger partial charge is 0.258 e. The lowest BCUT2D eigenvalue weighted by Crippen LogP contribution is -2.60. The van der Waals surface area contributed by atoms with E-state index >= 15 is 0 Å². The summed E-state index contributed by atoms with van der Waals surface area (Å²) in [5.41, 5.74) is 2.98. The minimum absolute atomic E-state index is 0.0675. The maximum Gasteiger partial charge on any atom is 0.258 e. The maximum absolute atomic E-state index is 14.5. The number of amides is 4. The fourth-order valence-corrected chi connectivity index (χ4v) is 9.34. The Kier molecular flexibility index (Phi) is 7.60. The van der Waals surface area contributed by atoms with Gasteiger partial charge in [-0.05, 0) is 97.1 Å². The molecule has 1 saturated carbocycles. The zero-order chi connectivity index (χ0) is 35.1. The molecule has 4 aromatic carbocycles. The van der Waals surface area contributed by atoms with Gasteiger partial charge in [-0.3, -0.25) is 24.1 Å². The standard InChI is InChI=1S/C38H27Cl3FN3O5/c39-30-18-25(46)14-15-27(30)32-26-16-17-28-31(34(48)44(33(28)47)23-12-8-22(9-13-23)43-21-4-2-1-3-5-21)29(26)19-37(40)35(49)45(36(50)38(32,37)41)24-10-6-20(42)7-11-24/h1-16,18,28-29,31-32,43,46H,17,19H2/t28-,29+,31-,32+,37+,38-/m0/s1. The molecule has 4 aliphatic rings. The SMILES string of the molecule is O=C1[C@H]2[C@H](CC=C3[C@H]2C[C@@]2(Cl)C(=O)N(c4ccc(F)cc4)C(=O)[C@@]2(Cl)[C@H]3c2ccc(O)cc2Cl)C(=O)N1c1ccc(Nc2ccccc2)cc1. The van der Waals surface area contributed by atoms with E-state index < -0.39 is 57.0 Å². The number of hydrogen-bond donors (Lipinski definition) is 2. The lowest BCUT2D eigenvalue weighted by atomic mass is 9.56. The first-order chi connectivity index (χ1) is 23.9. The Morgan fingerprint density at radius 1 is 0.760 bits per heavy atom. The van der Waals surface area contributed by atoms with E-state index in [1.54, 1.807) is 30.3 Å². The molecule has 8 rings (SSSR count). The van der Waals surface area contributed by atoms with Gasteiger partial charge in [0.05, 0.1) is 23.2 Å². The molecule has 2 saturated heterocycles. The molecule has 12 heteroatoms. The Labute approximate surface area is 301 Å². The molecule has 8 nitrogen and oxygen atoms in total. The van der Waals surface area contributed by atoms with Gasteiger partial charge in [0, 0.05) is 22.3 Å². The number of alkyl halides is 2. The molecule has 50 heavy (non-hydrogen) atoms. The number of nitrogens with one attached hydrogen (secondary N) is 1. The van der Waals surface area contributed by atoms with E-state index in [4.69, 9.17) is 34.8 Å². The molecule has 0 unspecified atom stereocenters. The van der Waals surface area contributed by atoms with Crippen molar-refractivity contribution in [3.63, 3.8) is 0 Å². The topological polar surface area (TPSA) is 107 Å². The monoisotopic (exact) mass is 729 g/mol. The highest BCUT2D eigenvalue weighted by molar-refractivity contribution is 6.58. The normalized spacial score (nSPS) is 28.7. The number of para-hydroxylation sites is 1. The molecule has 3 fully saturated rings. The molecular weight excluding hydrogens is 704 g/mol. The molecule has 2 heterocycles. The number of halogens is 4. The largest absolute Gasteiger partial charge is 0.508 e. The summed E-state index contributed by atoms with van der Waals surface area (Å²) in [7, 11) is 0. The summed E-state index contributed by atoms with van der Waals surface area (Å²) < 4.78 is 13.9. The van der Waals surface area contributed by atoms with E-state index in [9.17, 15) is 28.7 Å². The van der Waals surface area contributed by atoms with Crippen LogP contribution in [0.25, 0.3) is 0 Å². The summed E-state index contributed by atoms with van der Waals surface area (Å²) in [6.07, 6.45) is 1.75. The highest BCUT2D eigenvalue weighted by Gasteiger charge is 2.76. The number of hydrogen-bond acceptors (Lipinski definition) is 6. The van der Waals surface area contributed by atoms with E-state index in [1.165, 1.54) is 35.2 Å². The van der Waals surface area contributed by atoms with E-state index in [0.717, 1.165) is 28.4 Å². The fraction of sp³-hybridized carbons (Fsp3) is 0.211. The van der Waals surface area contributed by atoms with Gasteiger partial charge in [-0.1, -0.05) is 47.5 Å². The Balaban J connectivity index is 1.20. The maximum atomic E-state index is 14.5. The van der Waals surface area contributed by atoms with Gasteiger partial charge in [-0.2, -0.15) is 0 Å². The van der Waals surface area contributed by atoms with Crippen molar-refractivity contribution in [2.45, 2.75) is 28.5 Å². The number of phenolic OH excluding ortho intramolecular Hbond substituents is 1. The van der Waals surface area contributed by atoms with Crippen LogP contribution >= 0.6 is 34.8 Å². The van der Waals surface area contributed by atoms with Gasteiger partial charge in [-0.25, -0.2) is 9.29 Å². The number of imide groups is 2. The van der Waals surface area contributed by atoms with Crippen LogP contribution in [0.15, 0.2) is 109 Å². The van der Waals surface area contributed by atoms with Gasteiger partial charge in [0.25, 0.3) is 11.8 Å². The molecule has 6 atom stereocenters. The van der Waals surface area contributed by atoms with Gasteiger partial charge in [0.2, 0.25) is 11.8 Å². The third kappa shape index (κ3) is 4.63. The quantitative estimate of drug-likeness (QED) is 0.124. The number of fused-ring (bicyclic) bond motifs is 4. The van der Waals surface area contributed by atoms with Crippen LogP contribution in [0.4, 0.5) is 27.1 Å². The second-order valence-electron chi connectivity index (χ2n) is 13.0. The minimum atomic E-state index is -2.14. The van der Waals surface area contributed by atoms with Gasteiger partial charge in [-0.15, -0.1) is 23.2 Å². The molecule has 252 valence electrons. The van der Waals surface area contributed by atoms with Crippen molar-refractivity contribution in [3.05, 3.63) is 125 Å². The van der Waals surface area contributed by atoms with Crippen molar-refractivity contribution in [1.29, 1.82) is 0 Å². The molecule has 0 spiro atoms. The molecule has 2 aliphatic carbocycles. The Hall–Kier alpha value is -4.70. The van der Waals surface area contributed by atoms with Gasteiger partial charge in [0.1, 0.15) is 11.6 Å². The van der Waals surface area contributed by atoms with Crippen molar-refractivity contribution in [3.8, 4) is 5.75 Å². The molecular formula is C38H27Cl3FN3O5. The third-order valence-electron chi connectivity index (χ3n) is 10.4. The average molecular weight is 731 g/mol. The van der Waals surface area contributed by atoms with Crippen molar-refractivity contribution in [2.24, 2.45) is 17.8 Å². The zero-order valence-corrected chi connectivity index (χ0v) is 28.3. The lowest BCUT2D eigenvalue weighted by molar-refractivity contribution is -0.125. The molecule has 2 aliphatic heterocycles. The summed E-state index contributed by atoms with van der Waals surface area (Å²) in [4.78, 5) is 55.0. The summed E-state index contributed by atoms with van der Waals surface area (Å²) in [5.74, 6) is -6.78. The Bertz CT molecular complexity index is 2130. The predicted octanol–water partition coefficient (Wildman–Crippen LogP) is 7.70. The third-order valence-corrected chi connectivity index (χ3v) is 12.1. The van der Waals surface area contributed by atoms with Crippen LogP contribution in [0.1, 0.15) is 24.3 Å². The Morgan fingerprint density at radius 3 is 2.08 bits per heavy atom. The number of benzene rings is 4. The number of rotatable bonds is 5. The van der Waals surface area contributed by atoms with E-state index in [0.29, 0.717) is 16.8 Å². The fourth-order valence-electron chi connectivity index (χ4n) is 8.13. The average Bonchev–Trinajstić information content (AvgIpc) is 3.44. The molecule has 0 radical (unpaired) electrons. The highest BCUT2D eigenvalue weighted by atomic mass is 35.5. The van der Waals surface area contributed by atoms with Crippen molar-refractivity contribution >= 4 is 81.2 Å². The number of carbonyl (C=O) groups excluding carboxylic acids is 4. The van der Waals surface area contributed by atoms with Crippen molar-refractivity contribution in [2.75, 3.05) is 15.1 Å². The van der Waals surface area contributed by atoms with Crippen molar-refractivity contribution < 1.29 is 28.7 Å². The summed E-state index contributed by atoms with van der Waals surface area (Å²) in [6, 6.07) is 25.5. The van der Waals surface area contributed by atoms with E-state index in [1.807, 2.05) is 30.3 Å². The van der Waals surface area contributed by atoms with Crippen LogP contribution in [-0.2, 0) is 19.2 Å². The van der Waals surface area contributed by atoms with Gasteiger partial charge < -0.3 is 10.4 Å². The van der Waals surface area contributed by atoms with Crippen LogP contribution in [0.3, 0.4) is 0 Å². The number of aromatic hydroxyl groups is 1. The van der Waals surface area contributed by atoms with Crippen LogP contribution in [0.2, 0.25) is 5.02 Å². The first-order valence-corrected chi connectivity index (χ1v) is 17.1. The first kappa shape index (κ1) is 32.5. The van der Waals surface area contributed by atoms with E-state index in [-0.39, 0.29) is 35.2 Å². The molecule has 0 bridgehead atoms. The zero-order valence-electron chi connectivity index (χ0n) is 26.0. The number of nitrogens with zero attached hydrogens (tertiary/aromatic N) is 2. The van der Waals surface area contributed by atoms with E-state index in [2.05, 4.69) is 5.32 Å². The number of anilines is 4. The molecule has 0 aromatic heterocycles. The second kappa shape index (κ2) is 11.7. The summed E-state index contributed by atoms with van der Waals surface area (Å²) in [6.45, 7) is 0. The number of phenols is 1.